The molecule has 4 N–H and O–H groups in total. The Balaban J connectivity index is 1.39. The fourth-order valence-electron chi connectivity index (χ4n) is 3.18. The molecule has 0 unspecified atom stereocenters. The van der Waals surface area contributed by atoms with E-state index >= 15 is 0 Å². The van der Waals surface area contributed by atoms with Crippen LogP contribution in [0.1, 0.15) is 10.4 Å². The first-order chi connectivity index (χ1) is 14.4. The van der Waals surface area contributed by atoms with E-state index in [2.05, 4.69) is 10.6 Å². The molecule has 0 aromatic heterocycles. The van der Waals surface area contributed by atoms with Crippen molar-refractivity contribution in [2.24, 2.45) is 5.73 Å². The van der Waals surface area contributed by atoms with E-state index in [-0.39, 0.29) is 24.9 Å². The molecule has 3 rings (SSSR count). The van der Waals surface area contributed by atoms with Crippen LogP contribution in [0.2, 0.25) is 5.02 Å². The third-order valence-electron chi connectivity index (χ3n) is 4.80. The lowest BCUT2D eigenvalue weighted by molar-refractivity contribution is -0.120. The number of anilines is 2. The molecule has 0 spiro atoms. The van der Waals surface area contributed by atoms with E-state index in [9.17, 15) is 14.4 Å². The fraction of sp³-hybridized carbons (Fsp3) is 0.286. The van der Waals surface area contributed by atoms with Gasteiger partial charge in [0.05, 0.1) is 23.8 Å². The molecule has 158 valence electrons. The summed E-state index contributed by atoms with van der Waals surface area (Å²) in [5, 5.41) is 6.13. The maximum absolute atomic E-state index is 12.3. The quantitative estimate of drug-likeness (QED) is 0.620. The van der Waals surface area contributed by atoms with E-state index in [0.717, 1.165) is 0 Å². The van der Waals surface area contributed by atoms with Gasteiger partial charge >= 0.3 is 0 Å². The lowest BCUT2D eigenvalue weighted by Crippen LogP contribution is -2.50. The number of nitrogens with one attached hydrogen (secondary N) is 2. The van der Waals surface area contributed by atoms with Crippen LogP contribution in [0.15, 0.2) is 48.5 Å². The summed E-state index contributed by atoms with van der Waals surface area (Å²) in [6.45, 7) is 3.29. The Morgan fingerprint density at radius 1 is 0.833 bits per heavy atom. The second-order valence-corrected chi connectivity index (χ2v) is 7.48. The van der Waals surface area contributed by atoms with E-state index < -0.39 is 5.91 Å². The zero-order valence-corrected chi connectivity index (χ0v) is 17.2. The van der Waals surface area contributed by atoms with Crippen LogP contribution in [-0.4, -0.2) is 66.8 Å². The van der Waals surface area contributed by atoms with Crippen molar-refractivity contribution in [2.75, 3.05) is 49.9 Å². The maximum Gasteiger partial charge on any atom is 0.248 e. The highest BCUT2D eigenvalue weighted by molar-refractivity contribution is 6.33. The molecule has 9 heteroatoms. The van der Waals surface area contributed by atoms with Crippen LogP contribution >= 0.6 is 11.6 Å². The number of hydrogen-bond donors (Lipinski definition) is 3. The van der Waals surface area contributed by atoms with Crippen LogP contribution in [0.4, 0.5) is 11.4 Å². The molecule has 2 aromatic carbocycles. The molecule has 2 aromatic rings. The molecule has 0 atom stereocenters. The first kappa shape index (κ1) is 21.8. The van der Waals surface area contributed by atoms with E-state index in [4.69, 9.17) is 17.3 Å². The molecule has 0 saturated carbocycles. The lowest BCUT2D eigenvalue weighted by Gasteiger charge is -2.33. The van der Waals surface area contributed by atoms with Crippen molar-refractivity contribution in [1.82, 2.24) is 9.80 Å². The van der Waals surface area contributed by atoms with Crippen molar-refractivity contribution < 1.29 is 14.4 Å². The Hall–Kier alpha value is -2.94. The van der Waals surface area contributed by atoms with Gasteiger partial charge in [-0.05, 0) is 36.4 Å². The second-order valence-electron chi connectivity index (χ2n) is 7.07. The van der Waals surface area contributed by atoms with Gasteiger partial charge in [0.15, 0.2) is 0 Å². The maximum atomic E-state index is 12.3. The third-order valence-corrected chi connectivity index (χ3v) is 5.13. The van der Waals surface area contributed by atoms with Crippen molar-refractivity contribution in [3.8, 4) is 0 Å². The predicted octanol–water partition coefficient (Wildman–Crippen LogP) is 1.63. The zero-order chi connectivity index (χ0) is 21.5. The average molecular weight is 430 g/mol. The predicted molar refractivity (Wildman–Crippen MR) is 117 cm³/mol. The third kappa shape index (κ3) is 6.28. The highest BCUT2D eigenvalue weighted by atomic mass is 35.5. The van der Waals surface area contributed by atoms with Gasteiger partial charge in [0.1, 0.15) is 0 Å². The first-order valence-electron chi connectivity index (χ1n) is 9.59. The van der Waals surface area contributed by atoms with Gasteiger partial charge in [-0.3, -0.25) is 24.2 Å². The Labute approximate surface area is 180 Å². The summed E-state index contributed by atoms with van der Waals surface area (Å²) in [4.78, 5) is 39.7. The lowest BCUT2D eigenvalue weighted by atomic mass is 10.2. The molecule has 1 saturated heterocycles. The first-order valence-corrected chi connectivity index (χ1v) is 9.97. The number of para-hydroxylation sites is 1. The number of primary amides is 1. The molecule has 1 aliphatic heterocycles. The molecule has 0 aliphatic carbocycles. The fourth-order valence-corrected chi connectivity index (χ4v) is 3.37. The number of carbonyl (C=O) groups is 3. The monoisotopic (exact) mass is 429 g/mol. The van der Waals surface area contributed by atoms with Crippen molar-refractivity contribution in [3.63, 3.8) is 0 Å². The number of benzene rings is 2. The van der Waals surface area contributed by atoms with Crippen molar-refractivity contribution >= 4 is 40.7 Å². The van der Waals surface area contributed by atoms with Crippen LogP contribution in [-0.2, 0) is 9.59 Å². The number of hydrogen-bond acceptors (Lipinski definition) is 5. The highest BCUT2D eigenvalue weighted by Crippen LogP contribution is 2.20. The van der Waals surface area contributed by atoms with Gasteiger partial charge in [-0.25, -0.2) is 0 Å². The Kier molecular flexibility index (Phi) is 7.40. The molecular formula is C21H24ClN5O3. The number of piperazine rings is 1. The summed E-state index contributed by atoms with van der Waals surface area (Å²) in [5.74, 6) is -0.758. The minimum absolute atomic E-state index is 0.117. The molecule has 8 nitrogen and oxygen atoms in total. The molecule has 1 fully saturated rings. The van der Waals surface area contributed by atoms with Crippen molar-refractivity contribution in [1.29, 1.82) is 0 Å². The van der Waals surface area contributed by atoms with Gasteiger partial charge in [-0.2, -0.15) is 0 Å². The standard InChI is InChI=1S/C21H24ClN5O3/c22-17-3-1-2-4-18(17)25-20(29)14-27-11-9-26(10-12-27)13-19(28)24-16-7-5-15(6-8-16)21(23)30/h1-8H,9-14H2,(H2,23,30)(H,24,28)(H,25,29). The van der Waals surface area contributed by atoms with Crippen molar-refractivity contribution in [3.05, 3.63) is 59.1 Å². The molecular weight excluding hydrogens is 406 g/mol. The Morgan fingerprint density at radius 3 is 1.90 bits per heavy atom. The number of rotatable bonds is 7. The second kappa shape index (κ2) is 10.2. The molecule has 0 bridgehead atoms. The normalized spacial score (nSPS) is 14.8. The van der Waals surface area contributed by atoms with Gasteiger partial charge < -0.3 is 16.4 Å². The van der Waals surface area contributed by atoms with Crippen LogP contribution in [0, 0.1) is 0 Å². The minimum Gasteiger partial charge on any atom is -0.366 e. The Bertz CT molecular complexity index is 911. The van der Waals surface area contributed by atoms with E-state index in [1.165, 1.54) is 0 Å². The molecule has 3 amide bonds. The van der Waals surface area contributed by atoms with Crippen LogP contribution in [0.25, 0.3) is 0 Å². The number of nitrogens with two attached hydrogens (primary N) is 1. The number of carbonyl (C=O) groups excluding carboxylic acids is 3. The SMILES string of the molecule is NC(=O)c1ccc(NC(=O)CN2CCN(CC(=O)Nc3ccccc3Cl)CC2)cc1. The highest BCUT2D eigenvalue weighted by Gasteiger charge is 2.21. The summed E-state index contributed by atoms with van der Waals surface area (Å²) in [7, 11) is 0. The van der Waals surface area contributed by atoms with Gasteiger partial charge in [-0.1, -0.05) is 23.7 Å². The summed E-state index contributed by atoms with van der Waals surface area (Å²) in [6, 6.07) is 13.6. The van der Waals surface area contributed by atoms with Gasteiger partial charge in [0, 0.05) is 37.4 Å². The van der Waals surface area contributed by atoms with Gasteiger partial charge in [0.2, 0.25) is 17.7 Å². The number of amides is 3. The summed E-state index contributed by atoms with van der Waals surface area (Å²) >= 11 is 6.06. The smallest absolute Gasteiger partial charge is 0.248 e. The largest absolute Gasteiger partial charge is 0.366 e. The van der Waals surface area contributed by atoms with E-state index in [1.807, 2.05) is 21.9 Å². The Morgan fingerprint density at radius 2 is 1.37 bits per heavy atom. The van der Waals surface area contributed by atoms with Crippen LogP contribution < -0.4 is 16.4 Å². The topological polar surface area (TPSA) is 108 Å². The van der Waals surface area contributed by atoms with Crippen LogP contribution in [0.5, 0.6) is 0 Å². The van der Waals surface area contributed by atoms with Crippen LogP contribution in [0.3, 0.4) is 0 Å². The number of halogens is 1. The van der Waals surface area contributed by atoms with Crippen molar-refractivity contribution in [2.45, 2.75) is 0 Å². The number of nitrogens with zero attached hydrogens (tertiary/aromatic N) is 2. The summed E-state index contributed by atoms with van der Waals surface area (Å²) in [5.41, 5.74) is 6.81. The van der Waals surface area contributed by atoms with E-state index in [0.29, 0.717) is 48.1 Å². The summed E-state index contributed by atoms with van der Waals surface area (Å²) < 4.78 is 0. The zero-order valence-electron chi connectivity index (χ0n) is 16.4. The molecule has 1 heterocycles. The van der Waals surface area contributed by atoms with Gasteiger partial charge in [0.25, 0.3) is 0 Å². The van der Waals surface area contributed by atoms with E-state index in [1.54, 1.807) is 36.4 Å². The average Bonchev–Trinajstić information content (AvgIpc) is 2.71. The molecule has 0 radical (unpaired) electrons. The minimum atomic E-state index is -0.508. The summed E-state index contributed by atoms with van der Waals surface area (Å²) in [6.07, 6.45) is 0. The molecule has 30 heavy (non-hydrogen) atoms. The van der Waals surface area contributed by atoms with Gasteiger partial charge in [-0.15, -0.1) is 0 Å². The molecule has 1 aliphatic rings.